The van der Waals surface area contributed by atoms with Crippen molar-refractivity contribution in [3.8, 4) is 0 Å². The van der Waals surface area contributed by atoms with Crippen LogP contribution in [0.1, 0.15) is 56.6 Å². The zero-order chi connectivity index (χ0) is 14.2. The smallest absolute Gasteiger partial charge is 0.00178 e. The van der Waals surface area contributed by atoms with Gasteiger partial charge in [-0.15, -0.1) is 0 Å². The normalized spacial score (nSPS) is 23.5. The molecule has 112 valence electrons. The highest BCUT2D eigenvalue weighted by Gasteiger charge is 2.23. The second kappa shape index (κ2) is 8.46. The van der Waals surface area contributed by atoms with E-state index < -0.39 is 0 Å². The van der Waals surface area contributed by atoms with Crippen molar-refractivity contribution in [2.24, 2.45) is 11.8 Å². The Kier molecular flexibility index (Phi) is 6.59. The van der Waals surface area contributed by atoms with Crippen molar-refractivity contribution < 1.29 is 0 Å². The molecule has 2 atom stereocenters. The first-order valence-corrected chi connectivity index (χ1v) is 8.56. The summed E-state index contributed by atoms with van der Waals surface area (Å²) in [4.78, 5) is 0. The quantitative estimate of drug-likeness (QED) is 0.583. The molecule has 0 bridgehead atoms. The monoisotopic (exact) mass is 273 g/mol. The first kappa shape index (κ1) is 15.6. The van der Waals surface area contributed by atoms with Gasteiger partial charge in [-0.2, -0.15) is 0 Å². The van der Waals surface area contributed by atoms with Gasteiger partial charge in [-0.05, 0) is 63.1 Å². The summed E-state index contributed by atoms with van der Waals surface area (Å²) in [6.45, 7) is 6.83. The largest absolute Gasteiger partial charge is 0.316 e. The van der Waals surface area contributed by atoms with E-state index in [1.807, 2.05) is 0 Å². The predicted molar refractivity (Wildman–Crippen MR) is 88.1 cm³/mol. The van der Waals surface area contributed by atoms with Crippen LogP contribution in [0.15, 0.2) is 24.3 Å². The lowest BCUT2D eigenvalue weighted by atomic mass is 9.83. The topological polar surface area (TPSA) is 12.0 Å². The molecule has 1 heteroatoms. The van der Waals surface area contributed by atoms with E-state index in [-0.39, 0.29) is 0 Å². The zero-order valence-corrected chi connectivity index (χ0v) is 13.3. The van der Waals surface area contributed by atoms with E-state index in [1.54, 1.807) is 0 Å². The summed E-state index contributed by atoms with van der Waals surface area (Å²) in [5, 5.41) is 3.66. The molecule has 1 saturated carbocycles. The minimum Gasteiger partial charge on any atom is -0.316 e. The average molecular weight is 273 g/mol. The van der Waals surface area contributed by atoms with E-state index in [2.05, 4.69) is 43.4 Å². The fraction of sp³-hybridized carbons (Fsp3) is 0.684. The maximum absolute atomic E-state index is 3.66. The summed E-state index contributed by atoms with van der Waals surface area (Å²) in [5.74, 6) is 1.76. The van der Waals surface area contributed by atoms with Crippen LogP contribution in [0.4, 0.5) is 0 Å². The van der Waals surface area contributed by atoms with E-state index in [1.165, 1.54) is 69.2 Å². The van der Waals surface area contributed by atoms with Crippen molar-refractivity contribution in [2.75, 3.05) is 13.1 Å². The number of hydrogen-bond acceptors (Lipinski definition) is 1. The van der Waals surface area contributed by atoms with Crippen LogP contribution in [0.25, 0.3) is 0 Å². The van der Waals surface area contributed by atoms with Crippen LogP contribution in [0.5, 0.6) is 0 Å². The van der Waals surface area contributed by atoms with E-state index in [0.29, 0.717) is 0 Å². The lowest BCUT2D eigenvalue weighted by Gasteiger charge is -2.25. The van der Waals surface area contributed by atoms with Crippen LogP contribution >= 0.6 is 0 Å². The Morgan fingerprint density at radius 1 is 1.00 bits per heavy atom. The highest BCUT2D eigenvalue weighted by Crippen LogP contribution is 2.31. The fourth-order valence-corrected chi connectivity index (χ4v) is 3.49. The van der Waals surface area contributed by atoms with E-state index in [4.69, 9.17) is 0 Å². The number of rotatable bonds is 6. The van der Waals surface area contributed by atoms with Crippen LogP contribution < -0.4 is 5.32 Å². The van der Waals surface area contributed by atoms with Crippen molar-refractivity contribution in [2.45, 2.75) is 58.8 Å². The molecule has 1 nitrogen and oxygen atoms in total. The molecule has 1 aromatic carbocycles. The second-order valence-electron chi connectivity index (χ2n) is 6.55. The molecular formula is C19H31N. The SMILES string of the molecule is CCCNCC1CCCCCC1Cc1ccc(C)cc1. The molecular weight excluding hydrogens is 242 g/mol. The van der Waals surface area contributed by atoms with Gasteiger partial charge in [0, 0.05) is 0 Å². The summed E-state index contributed by atoms with van der Waals surface area (Å²) >= 11 is 0. The van der Waals surface area contributed by atoms with Crippen LogP contribution in [-0.4, -0.2) is 13.1 Å². The fourth-order valence-electron chi connectivity index (χ4n) is 3.49. The van der Waals surface area contributed by atoms with Gasteiger partial charge in [0.2, 0.25) is 0 Å². The molecule has 2 rings (SSSR count). The van der Waals surface area contributed by atoms with Gasteiger partial charge in [0.15, 0.2) is 0 Å². The van der Waals surface area contributed by atoms with E-state index in [9.17, 15) is 0 Å². The Morgan fingerprint density at radius 3 is 2.40 bits per heavy atom. The average Bonchev–Trinajstić information content (AvgIpc) is 2.67. The molecule has 20 heavy (non-hydrogen) atoms. The Morgan fingerprint density at radius 2 is 1.70 bits per heavy atom. The molecule has 2 unspecified atom stereocenters. The van der Waals surface area contributed by atoms with Crippen molar-refractivity contribution >= 4 is 0 Å². The van der Waals surface area contributed by atoms with Gasteiger partial charge in [0.05, 0.1) is 0 Å². The van der Waals surface area contributed by atoms with Gasteiger partial charge in [0.25, 0.3) is 0 Å². The molecule has 0 aliphatic heterocycles. The zero-order valence-electron chi connectivity index (χ0n) is 13.3. The Balaban J connectivity index is 1.94. The Bertz CT molecular complexity index is 368. The van der Waals surface area contributed by atoms with Gasteiger partial charge in [-0.25, -0.2) is 0 Å². The highest BCUT2D eigenvalue weighted by atomic mass is 14.9. The molecule has 1 fully saturated rings. The van der Waals surface area contributed by atoms with E-state index >= 15 is 0 Å². The van der Waals surface area contributed by atoms with Gasteiger partial charge >= 0.3 is 0 Å². The molecule has 0 aromatic heterocycles. The number of hydrogen-bond donors (Lipinski definition) is 1. The summed E-state index contributed by atoms with van der Waals surface area (Å²) < 4.78 is 0. The van der Waals surface area contributed by atoms with Crippen LogP contribution in [0, 0.1) is 18.8 Å². The first-order chi connectivity index (χ1) is 9.79. The lowest BCUT2D eigenvalue weighted by Crippen LogP contribution is -2.29. The van der Waals surface area contributed by atoms with Crippen molar-refractivity contribution in [1.82, 2.24) is 5.32 Å². The molecule has 0 radical (unpaired) electrons. The second-order valence-corrected chi connectivity index (χ2v) is 6.55. The minimum atomic E-state index is 0.879. The summed E-state index contributed by atoms with van der Waals surface area (Å²) in [6.07, 6.45) is 9.67. The predicted octanol–water partition coefficient (Wildman–Crippen LogP) is 4.73. The Hall–Kier alpha value is -0.820. The summed E-state index contributed by atoms with van der Waals surface area (Å²) in [5.41, 5.74) is 2.90. The van der Waals surface area contributed by atoms with Crippen LogP contribution in [-0.2, 0) is 6.42 Å². The minimum absolute atomic E-state index is 0.879. The maximum atomic E-state index is 3.66. The highest BCUT2D eigenvalue weighted by molar-refractivity contribution is 5.21. The maximum Gasteiger partial charge on any atom is -0.00178 e. The molecule has 0 spiro atoms. The van der Waals surface area contributed by atoms with Crippen molar-refractivity contribution in [3.63, 3.8) is 0 Å². The Labute approximate surface area is 125 Å². The van der Waals surface area contributed by atoms with Crippen molar-refractivity contribution in [3.05, 3.63) is 35.4 Å². The van der Waals surface area contributed by atoms with Gasteiger partial charge in [0.1, 0.15) is 0 Å². The molecule has 0 amide bonds. The van der Waals surface area contributed by atoms with Gasteiger partial charge < -0.3 is 5.32 Å². The van der Waals surface area contributed by atoms with E-state index in [0.717, 1.165) is 11.8 Å². The number of aryl methyl sites for hydroxylation is 1. The summed E-state index contributed by atoms with van der Waals surface area (Å²) in [7, 11) is 0. The number of nitrogens with one attached hydrogen (secondary N) is 1. The molecule has 1 aromatic rings. The lowest BCUT2D eigenvalue weighted by molar-refractivity contribution is 0.298. The van der Waals surface area contributed by atoms with Gasteiger partial charge in [-0.1, -0.05) is 56.0 Å². The van der Waals surface area contributed by atoms with Crippen molar-refractivity contribution in [1.29, 1.82) is 0 Å². The molecule has 0 saturated heterocycles. The van der Waals surface area contributed by atoms with Crippen LogP contribution in [0.2, 0.25) is 0 Å². The van der Waals surface area contributed by atoms with Crippen LogP contribution in [0.3, 0.4) is 0 Å². The van der Waals surface area contributed by atoms with Gasteiger partial charge in [-0.3, -0.25) is 0 Å². The third-order valence-electron chi connectivity index (χ3n) is 4.77. The molecule has 1 aliphatic rings. The summed E-state index contributed by atoms with van der Waals surface area (Å²) in [6, 6.07) is 9.18. The number of benzene rings is 1. The molecule has 0 heterocycles. The standard InChI is InChI=1S/C19H31N/c1-3-13-20-15-19-8-6-4-5-7-18(19)14-17-11-9-16(2)10-12-17/h9-12,18-20H,3-8,13-15H2,1-2H3. The third kappa shape index (κ3) is 4.94. The molecule has 1 N–H and O–H groups in total. The third-order valence-corrected chi connectivity index (χ3v) is 4.77. The first-order valence-electron chi connectivity index (χ1n) is 8.56. The molecule has 1 aliphatic carbocycles.